The number of urea groups is 1. The maximum Gasteiger partial charge on any atom is 0.322 e. The maximum atomic E-state index is 13.6. The van der Waals surface area contributed by atoms with E-state index in [9.17, 15) is 14.0 Å². The van der Waals surface area contributed by atoms with Gasteiger partial charge in [-0.1, -0.05) is 25.0 Å². The van der Waals surface area contributed by atoms with Crippen molar-refractivity contribution in [3.05, 3.63) is 30.1 Å². The van der Waals surface area contributed by atoms with Crippen LogP contribution < -0.4 is 5.32 Å². The van der Waals surface area contributed by atoms with Crippen molar-refractivity contribution in [3.63, 3.8) is 0 Å². The first-order valence-electron chi connectivity index (χ1n) is 8.72. The van der Waals surface area contributed by atoms with E-state index in [1.165, 1.54) is 25.0 Å². The fraction of sp³-hybridized carbons (Fsp3) is 0.556. The van der Waals surface area contributed by atoms with Crippen LogP contribution in [0.1, 0.15) is 32.1 Å². The Kier molecular flexibility index (Phi) is 5.33. The molecule has 0 aromatic heterocycles. The van der Waals surface area contributed by atoms with Crippen molar-refractivity contribution in [1.29, 1.82) is 0 Å². The smallest absolute Gasteiger partial charge is 0.322 e. The van der Waals surface area contributed by atoms with Crippen LogP contribution in [0.2, 0.25) is 0 Å². The number of piperazine rings is 1. The lowest BCUT2D eigenvalue weighted by Gasteiger charge is -2.35. The summed E-state index contributed by atoms with van der Waals surface area (Å²) in [6.07, 6.45) is 5.44. The summed E-state index contributed by atoms with van der Waals surface area (Å²) < 4.78 is 13.6. The Hall–Kier alpha value is -2.11. The zero-order valence-electron chi connectivity index (χ0n) is 13.8. The third-order valence-corrected chi connectivity index (χ3v) is 4.97. The fourth-order valence-corrected chi connectivity index (χ4v) is 3.51. The number of anilines is 1. The van der Waals surface area contributed by atoms with E-state index < -0.39 is 5.82 Å². The normalized spacial score (nSPS) is 18.7. The molecule has 0 atom stereocenters. The summed E-state index contributed by atoms with van der Waals surface area (Å²) in [5.41, 5.74) is 0.183. The van der Waals surface area contributed by atoms with Gasteiger partial charge in [-0.2, -0.15) is 0 Å². The summed E-state index contributed by atoms with van der Waals surface area (Å²) in [4.78, 5) is 28.0. The minimum absolute atomic E-state index is 0.183. The van der Waals surface area contributed by atoms with Crippen molar-refractivity contribution >= 4 is 17.6 Å². The molecule has 1 heterocycles. The van der Waals surface area contributed by atoms with E-state index in [-0.39, 0.29) is 17.6 Å². The number of amides is 3. The average Bonchev–Trinajstić information content (AvgIpc) is 3.10. The number of nitrogens with zero attached hydrogens (tertiary/aromatic N) is 2. The highest BCUT2D eigenvalue weighted by Gasteiger charge is 2.27. The molecule has 3 rings (SSSR count). The second-order valence-electron chi connectivity index (χ2n) is 6.63. The van der Waals surface area contributed by atoms with Crippen LogP contribution >= 0.6 is 0 Å². The molecule has 2 aliphatic rings. The molecule has 130 valence electrons. The molecule has 1 N–H and O–H groups in total. The summed E-state index contributed by atoms with van der Waals surface area (Å²) in [5.74, 6) is 0.298. The second-order valence-corrected chi connectivity index (χ2v) is 6.63. The zero-order chi connectivity index (χ0) is 16.9. The molecule has 1 saturated carbocycles. The number of halogens is 1. The summed E-state index contributed by atoms with van der Waals surface area (Å²) in [7, 11) is 0. The topological polar surface area (TPSA) is 52.7 Å². The van der Waals surface area contributed by atoms with Crippen LogP contribution in [0.3, 0.4) is 0 Å². The number of hydrogen-bond acceptors (Lipinski definition) is 2. The molecule has 2 fully saturated rings. The third-order valence-electron chi connectivity index (χ3n) is 4.97. The molecule has 1 aromatic rings. The van der Waals surface area contributed by atoms with E-state index in [1.54, 1.807) is 17.0 Å². The molecular weight excluding hydrogens is 309 g/mol. The van der Waals surface area contributed by atoms with E-state index >= 15 is 0 Å². The van der Waals surface area contributed by atoms with Gasteiger partial charge in [-0.25, -0.2) is 9.18 Å². The first-order chi connectivity index (χ1) is 11.6. The molecule has 0 spiro atoms. The van der Waals surface area contributed by atoms with Gasteiger partial charge < -0.3 is 15.1 Å². The minimum atomic E-state index is -0.448. The average molecular weight is 333 g/mol. The highest BCUT2D eigenvalue weighted by atomic mass is 19.1. The molecular formula is C18H24FN3O2. The Bertz CT molecular complexity index is 594. The van der Waals surface area contributed by atoms with Gasteiger partial charge >= 0.3 is 6.03 Å². The molecule has 0 bridgehead atoms. The Morgan fingerprint density at radius 1 is 1.04 bits per heavy atom. The van der Waals surface area contributed by atoms with Gasteiger partial charge in [0.2, 0.25) is 5.91 Å². The molecule has 3 amide bonds. The Balaban J connectivity index is 1.46. The summed E-state index contributed by atoms with van der Waals surface area (Å²) >= 11 is 0. The van der Waals surface area contributed by atoms with Crippen LogP contribution in [-0.2, 0) is 4.79 Å². The third kappa shape index (κ3) is 4.04. The lowest BCUT2D eigenvalue weighted by Crippen LogP contribution is -2.51. The van der Waals surface area contributed by atoms with Crippen molar-refractivity contribution in [2.45, 2.75) is 32.1 Å². The number of nitrogens with one attached hydrogen (secondary N) is 1. The number of carbonyl (C=O) groups excluding carboxylic acids is 2. The lowest BCUT2D eigenvalue weighted by atomic mass is 10.0. The molecule has 1 aliphatic heterocycles. The number of hydrogen-bond donors (Lipinski definition) is 1. The van der Waals surface area contributed by atoms with E-state index in [2.05, 4.69) is 5.32 Å². The van der Waals surface area contributed by atoms with Gasteiger partial charge in [0.25, 0.3) is 0 Å². The summed E-state index contributed by atoms with van der Waals surface area (Å²) in [6.45, 7) is 2.07. The number of rotatable bonds is 3. The van der Waals surface area contributed by atoms with Gasteiger partial charge in [0.05, 0.1) is 5.69 Å². The standard InChI is InChI=1S/C18H24FN3O2/c19-15-7-3-4-8-16(15)20-18(24)22-11-9-21(10-12-22)17(23)13-14-5-1-2-6-14/h3-4,7-8,14H,1-2,5-6,9-13H2,(H,20,24). The van der Waals surface area contributed by atoms with Gasteiger partial charge in [0, 0.05) is 32.6 Å². The first kappa shape index (κ1) is 16.7. The van der Waals surface area contributed by atoms with Crippen LogP contribution in [0.4, 0.5) is 14.9 Å². The monoisotopic (exact) mass is 333 g/mol. The predicted molar refractivity (Wildman–Crippen MR) is 90.1 cm³/mol. The van der Waals surface area contributed by atoms with E-state index in [0.717, 1.165) is 12.8 Å². The fourth-order valence-electron chi connectivity index (χ4n) is 3.51. The molecule has 5 nitrogen and oxygen atoms in total. The lowest BCUT2D eigenvalue weighted by molar-refractivity contribution is -0.133. The quantitative estimate of drug-likeness (QED) is 0.924. The van der Waals surface area contributed by atoms with Crippen LogP contribution in [0, 0.1) is 11.7 Å². The Morgan fingerprint density at radius 2 is 1.67 bits per heavy atom. The Labute approximate surface area is 141 Å². The van der Waals surface area contributed by atoms with Crippen LogP contribution in [0.15, 0.2) is 24.3 Å². The van der Waals surface area contributed by atoms with Crippen LogP contribution in [0.25, 0.3) is 0 Å². The van der Waals surface area contributed by atoms with Gasteiger partial charge in [0.15, 0.2) is 0 Å². The van der Waals surface area contributed by atoms with Gasteiger partial charge in [-0.3, -0.25) is 4.79 Å². The number of carbonyl (C=O) groups is 2. The molecule has 1 aliphatic carbocycles. The maximum absolute atomic E-state index is 13.6. The van der Waals surface area contributed by atoms with E-state index in [4.69, 9.17) is 0 Å². The molecule has 0 unspecified atom stereocenters. The van der Waals surface area contributed by atoms with Crippen molar-refractivity contribution in [1.82, 2.24) is 9.80 Å². The molecule has 1 saturated heterocycles. The van der Waals surface area contributed by atoms with Gasteiger partial charge in [-0.05, 0) is 30.9 Å². The zero-order valence-corrected chi connectivity index (χ0v) is 13.8. The predicted octanol–water partition coefficient (Wildman–Crippen LogP) is 3.08. The highest BCUT2D eigenvalue weighted by molar-refractivity contribution is 5.89. The molecule has 1 aromatic carbocycles. The molecule has 24 heavy (non-hydrogen) atoms. The summed E-state index contributed by atoms with van der Waals surface area (Å²) in [6, 6.07) is 5.80. The van der Waals surface area contributed by atoms with Crippen molar-refractivity contribution in [2.75, 3.05) is 31.5 Å². The first-order valence-corrected chi connectivity index (χ1v) is 8.72. The van der Waals surface area contributed by atoms with Gasteiger partial charge in [-0.15, -0.1) is 0 Å². The van der Waals surface area contributed by atoms with Crippen molar-refractivity contribution in [3.8, 4) is 0 Å². The summed E-state index contributed by atoms with van der Waals surface area (Å²) in [5, 5.41) is 2.59. The Morgan fingerprint density at radius 3 is 2.33 bits per heavy atom. The van der Waals surface area contributed by atoms with Crippen LogP contribution in [-0.4, -0.2) is 47.9 Å². The van der Waals surface area contributed by atoms with Crippen molar-refractivity contribution in [2.24, 2.45) is 5.92 Å². The number of benzene rings is 1. The largest absolute Gasteiger partial charge is 0.339 e. The second kappa shape index (κ2) is 7.64. The number of para-hydroxylation sites is 1. The van der Waals surface area contributed by atoms with E-state index in [0.29, 0.717) is 38.5 Å². The van der Waals surface area contributed by atoms with Crippen molar-refractivity contribution < 1.29 is 14.0 Å². The van der Waals surface area contributed by atoms with E-state index in [1.807, 2.05) is 4.90 Å². The van der Waals surface area contributed by atoms with Crippen LogP contribution in [0.5, 0.6) is 0 Å². The van der Waals surface area contributed by atoms with Gasteiger partial charge in [0.1, 0.15) is 5.82 Å². The molecule has 0 radical (unpaired) electrons. The highest BCUT2D eigenvalue weighted by Crippen LogP contribution is 2.28. The molecule has 6 heteroatoms. The SMILES string of the molecule is O=C(CC1CCCC1)N1CCN(C(=O)Nc2ccccc2F)CC1. The minimum Gasteiger partial charge on any atom is -0.339 e.